The molecule has 29 heavy (non-hydrogen) atoms. The van der Waals surface area contributed by atoms with Crippen molar-refractivity contribution in [1.82, 2.24) is 14.7 Å². The van der Waals surface area contributed by atoms with Crippen molar-refractivity contribution in [3.05, 3.63) is 29.8 Å². The summed E-state index contributed by atoms with van der Waals surface area (Å²) < 4.78 is 0. The van der Waals surface area contributed by atoms with Crippen LogP contribution in [0.5, 0.6) is 0 Å². The van der Waals surface area contributed by atoms with Crippen molar-refractivity contribution in [2.24, 2.45) is 0 Å². The maximum absolute atomic E-state index is 12.8. The second-order valence-corrected chi connectivity index (χ2v) is 8.17. The van der Waals surface area contributed by atoms with Crippen molar-refractivity contribution in [2.45, 2.75) is 32.1 Å². The lowest BCUT2D eigenvalue weighted by Crippen LogP contribution is -2.51. The second kappa shape index (κ2) is 8.95. The van der Waals surface area contributed by atoms with Crippen molar-refractivity contribution >= 4 is 23.4 Å². The van der Waals surface area contributed by atoms with Gasteiger partial charge in [-0.25, -0.2) is 0 Å². The Bertz CT molecular complexity index is 750. The summed E-state index contributed by atoms with van der Waals surface area (Å²) in [5.41, 5.74) is 1.49. The molecule has 0 aliphatic carbocycles. The number of piperazine rings is 1. The maximum Gasteiger partial charge on any atom is 0.253 e. The zero-order valence-corrected chi connectivity index (χ0v) is 17.0. The number of carbonyl (C=O) groups is 3. The highest BCUT2D eigenvalue weighted by Crippen LogP contribution is 2.22. The summed E-state index contributed by atoms with van der Waals surface area (Å²) >= 11 is 0. The van der Waals surface area contributed by atoms with Gasteiger partial charge < -0.3 is 19.6 Å². The Hall–Kier alpha value is -2.41. The number of nitrogens with zero attached hydrogens (tertiary/aromatic N) is 4. The molecule has 0 spiro atoms. The summed E-state index contributed by atoms with van der Waals surface area (Å²) in [7, 11) is 0. The maximum atomic E-state index is 12.8. The number of amides is 3. The number of benzene rings is 1. The number of carbonyl (C=O) groups excluding carboxylic acids is 3. The van der Waals surface area contributed by atoms with E-state index in [1.54, 1.807) is 17.0 Å². The van der Waals surface area contributed by atoms with E-state index in [9.17, 15) is 14.4 Å². The topological polar surface area (TPSA) is 64.2 Å². The first-order valence-corrected chi connectivity index (χ1v) is 10.8. The molecular weight excluding hydrogens is 368 g/mol. The molecule has 0 atom stereocenters. The molecule has 1 aromatic rings. The van der Waals surface area contributed by atoms with Gasteiger partial charge in [0.25, 0.3) is 5.91 Å². The molecule has 1 aromatic carbocycles. The summed E-state index contributed by atoms with van der Waals surface area (Å²) in [6.07, 6.45) is 4.54. The van der Waals surface area contributed by atoms with E-state index in [0.717, 1.165) is 38.3 Å². The normalized spacial score (nSPS) is 20.6. The van der Waals surface area contributed by atoms with E-state index in [1.807, 2.05) is 21.9 Å². The van der Waals surface area contributed by atoms with E-state index in [2.05, 4.69) is 4.90 Å². The predicted molar refractivity (Wildman–Crippen MR) is 111 cm³/mol. The molecule has 3 aliphatic heterocycles. The molecule has 7 heteroatoms. The zero-order chi connectivity index (χ0) is 20.2. The minimum atomic E-state index is -0.00605. The Morgan fingerprint density at radius 1 is 0.793 bits per heavy atom. The predicted octanol–water partition coefficient (Wildman–Crippen LogP) is 1.58. The van der Waals surface area contributed by atoms with Crippen LogP contribution in [0.25, 0.3) is 0 Å². The van der Waals surface area contributed by atoms with Crippen LogP contribution in [0.1, 0.15) is 42.5 Å². The van der Waals surface area contributed by atoms with E-state index in [1.165, 1.54) is 12.8 Å². The summed E-state index contributed by atoms with van der Waals surface area (Å²) in [5.74, 6) is 0.340. The summed E-state index contributed by atoms with van der Waals surface area (Å²) in [6.45, 7) is 6.17. The number of hydrogen-bond donors (Lipinski definition) is 0. The van der Waals surface area contributed by atoms with Gasteiger partial charge in [-0.3, -0.25) is 14.4 Å². The van der Waals surface area contributed by atoms with Crippen molar-refractivity contribution in [1.29, 1.82) is 0 Å². The third-order valence-corrected chi connectivity index (χ3v) is 6.26. The molecule has 4 rings (SSSR count). The van der Waals surface area contributed by atoms with Crippen LogP contribution in [0.15, 0.2) is 24.3 Å². The first-order valence-electron chi connectivity index (χ1n) is 10.8. The highest BCUT2D eigenvalue weighted by atomic mass is 16.2. The Kier molecular flexibility index (Phi) is 6.13. The monoisotopic (exact) mass is 398 g/mol. The van der Waals surface area contributed by atoms with E-state index >= 15 is 0 Å². The number of likely N-dealkylation sites (tertiary alicyclic amines) is 1. The van der Waals surface area contributed by atoms with Crippen molar-refractivity contribution in [3.63, 3.8) is 0 Å². The van der Waals surface area contributed by atoms with Crippen LogP contribution in [0, 0.1) is 0 Å². The Morgan fingerprint density at radius 3 is 2.07 bits per heavy atom. The molecule has 0 N–H and O–H groups in total. The van der Waals surface area contributed by atoms with Gasteiger partial charge in [-0.15, -0.1) is 0 Å². The molecule has 3 aliphatic rings. The van der Waals surface area contributed by atoms with Gasteiger partial charge in [-0.05, 0) is 56.6 Å². The van der Waals surface area contributed by atoms with Crippen molar-refractivity contribution < 1.29 is 14.4 Å². The molecule has 3 saturated heterocycles. The van der Waals surface area contributed by atoms with Crippen LogP contribution < -0.4 is 4.90 Å². The van der Waals surface area contributed by atoms with Gasteiger partial charge in [-0.2, -0.15) is 0 Å². The fourth-order valence-corrected chi connectivity index (χ4v) is 4.46. The molecule has 3 fully saturated rings. The molecule has 3 amide bonds. The Balaban J connectivity index is 1.26. The molecule has 0 bridgehead atoms. The van der Waals surface area contributed by atoms with E-state index in [-0.39, 0.29) is 17.7 Å². The van der Waals surface area contributed by atoms with Crippen LogP contribution in [0.3, 0.4) is 0 Å². The fourth-order valence-electron chi connectivity index (χ4n) is 4.46. The van der Waals surface area contributed by atoms with Crippen LogP contribution in [-0.4, -0.2) is 84.8 Å². The summed E-state index contributed by atoms with van der Waals surface area (Å²) in [5, 5.41) is 0. The number of rotatable bonds is 5. The molecule has 0 radical (unpaired) electrons. The highest BCUT2D eigenvalue weighted by Gasteiger charge is 2.26. The highest BCUT2D eigenvalue weighted by molar-refractivity contribution is 5.97. The quantitative estimate of drug-likeness (QED) is 0.756. The largest absolute Gasteiger partial charge is 0.339 e. The lowest BCUT2D eigenvalue weighted by molar-refractivity contribution is -0.133. The molecule has 156 valence electrons. The van der Waals surface area contributed by atoms with Crippen molar-refractivity contribution in [2.75, 3.05) is 57.3 Å². The minimum absolute atomic E-state index is 0.00605. The van der Waals surface area contributed by atoms with Crippen LogP contribution in [0.2, 0.25) is 0 Å². The van der Waals surface area contributed by atoms with E-state index in [0.29, 0.717) is 44.6 Å². The third kappa shape index (κ3) is 4.61. The molecule has 0 aromatic heterocycles. The van der Waals surface area contributed by atoms with Gasteiger partial charge in [-0.1, -0.05) is 0 Å². The van der Waals surface area contributed by atoms with E-state index < -0.39 is 0 Å². The minimum Gasteiger partial charge on any atom is -0.339 e. The molecular formula is C22H30N4O3. The number of anilines is 1. The lowest BCUT2D eigenvalue weighted by atomic mass is 10.1. The van der Waals surface area contributed by atoms with Gasteiger partial charge in [0.05, 0.1) is 0 Å². The van der Waals surface area contributed by atoms with Gasteiger partial charge in [0.15, 0.2) is 0 Å². The second-order valence-electron chi connectivity index (χ2n) is 8.17. The van der Waals surface area contributed by atoms with Gasteiger partial charge in [0.2, 0.25) is 11.8 Å². The molecule has 0 unspecified atom stereocenters. The smallest absolute Gasteiger partial charge is 0.253 e. The van der Waals surface area contributed by atoms with Crippen LogP contribution in [-0.2, 0) is 9.59 Å². The summed E-state index contributed by atoms with van der Waals surface area (Å²) in [4.78, 5) is 45.0. The first kappa shape index (κ1) is 19.9. The lowest BCUT2D eigenvalue weighted by Gasteiger charge is -2.35. The molecule has 0 saturated carbocycles. The van der Waals surface area contributed by atoms with Crippen molar-refractivity contribution in [3.8, 4) is 0 Å². The average Bonchev–Trinajstić information content (AvgIpc) is 3.43. The fraction of sp³-hybridized carbons (Fsp3) is 0.591. The van der Waals surface area contributed by atoms with Crippen LogP contribution >= 0.6 is 0 Å². The standard InChI is InChI=1S/C22H30N4O3/c27-20(9-13-23-10-1-2-11-23)24-14-16-25(17-15-24)22(29)18-5-7-19(8-6-18)26-12-3-4-21(26)28/h5-8H,1-4,9-17H2. The summed E-state index contributed by atoms with van der Waals surface area (Å²) in [6, 6.07) is 7.32. The molecule has 7 nitrogen and oxygen atoms in total. The van der Waals surface area contributed by atoms with Crippen LogP contribution in [0.4, 0.5) is 5.69 Å². The average molecular weight is 399 g/mol. The van der Waals surface area contributed by atoms with Gasteiger partial charge in [0.1, 0.15) is 0 Å². The SMILES string of the molecule is O=C(CCN1CCCC1)N1CCN(C(=O)c2ccc(N3CCCC3=O)cc2)CC1. The zero-order valence-electron chi connectivity index (χ0n) is 17.0. The van der Waals surface area contributed by atoms with Gasteiger partial charge >= 0.3 is 0 Å². The van der Waals surface area contributed by atoms with Gasteiger partial charge in [0, 0.05) is 63.4 Å². The molecule has 3 heterocycles. The Labute approximate surface area is 172 Å². The Morgan fingerprint density at radius 2 is 1.45 bits per heavy atom. The number of hydrogen-bond acceptors (Lipinski definition) is 4. The first-order chi connectivity index (χ1) is 14.1. The third-order valence-electron chi connectivity index (χ3n) is 6.26. The van der Waals surface area contributed by atoms with E-state index in [4.69, 9.17) is 0 Å².